The number of nitrogens with zero attached hydrogens (tertiary/aromatic N) is 3. The summed E-state index contributed by atoms with van der Waals surface area (Å²) >= 11 is 0. The third kappa shape index (κ3) is 1.69. The molecule has 1 aromatic carbocycles. The van der Waals surface area contributed by atoms with Gasteiger partial charge in [-0.2, -0.15) is 5.10 Å². The average Bonchev–Trinajstić information content (AvgIpc) is 2.71. The van der Waals surface area contributed by atoms with Crippen molar-refractivity contribution in [2.24, 2.45) is 0 Å². The van der Waals surface area contributed by atoms with Gasteiger partial charge in [0.1, 0.15) is 18.9 Å². The second-order valence-electron chi connectivity index (χ2n) is 2.91. The fourth-order valence-electron chi connectivity index (χ4n) is 1.28. The molecular weight excluding hydrogens is 178 g/mol. The lowest BCUT2D eigenvalue weighted by Gasteiger charge is -2.03. The standard InChI is InChI=1S/C10H9N3O/c14-6-10-4-2-1-3-9(10)5-13-8-11-7-12-13/h1-4,6-8H,5H2. The number of carbonyl (C=O) groups excluding carboxylic acids is 1. The lowest BCUT2D eigenvalue weighted by atomic mass is 10.1. The molecule has 1 aromatic heterocycles. The summed E-state index contributed by atoms with van der Waals surface area (Å²) in [6.07, 6.45) is 3.96. The summed E-state index contributed by atoms with van der Waals surface area (Å²) < 4.78 is 1.68. The third-order valence-electron chi connectivity index (χ3n) is 1.98. The zero-order chi connectivity index (χ0) is 9.80. The first kappa shape index (κ1) is 8.62. The highest BCUT2D eigenvalue weighted by molar-refractivity contribution is 5.77. The van der Waals surface area contributed by atoms with Crippen molar-refractivity contribution in [3.63, 3.8) is 0 Å². The molecule has 14 heavy (non-hydrogen) atoms. The molecule has 1 heterocycles. The first-order chi connectivity index (χ1) is 6.90. The smallest absolute Gasteiger partial charge is 0.150 e. The summed E-state index contributed by atoms with van der Waals surface area (Å²) in [5.74, 6) is 0. The Morgan fingerprint density at radius 2 is 2.21 bits per heavy atom. The van der Waals surface area contributed by atoms with Gasteiger partial charge in [-0.05, 0) is 5.56 Å². The van der Waals surface area contributed by atoms with E-state index in [9.17, 15) is 4.79 Å². The van der Waals surface area contributed by atoms with Crippen molar-refractivity contribution in [3.05, 3.63) is 48.0 Å². The zero-order valence-electron chi connectivity index (χ0n) is 7.50. The largest absolute Gasteiger partial charge is 0.298 e. The quantitative estimate of drug-likeness (QED) is 0.677. The molecule has 0 fully saturated rings. The fourth-order valence-corrected chi connectivity index (χ4v) is 1.28. The summed E-state index contributed by atoms with van der Waals surface area (Å²) in [7, 11) is 0. The first-order valence-electron chi connectivity index (χ1n) is 4.25. The Bertz CT molecular complexity index is 423. The van der Waals surface area contributed by atoms with E-state index in [0.717, 1.165) is 11.8 Å². The van der Waals surface area contributed by atoms with Crippen LogP contribution >= 0.6 is 0 Å². The highest BCUT2D eigenvalue weighted by atomic mass is 16.1. The predicted octanol–water partition coefficient (Wildman–Crippen LogP) is 1.14. The maximum atomic E-state index is 10.7. The summed E-state index contributed by atoms with van der Waals surface area (Å²) in [4.78, 5) is 14.5. The van der Waals surface area contributed by atoms with E-state index in [-0.39, 0.29) is 0 Å². The molecule has 2 aromatic rings. The van der Waals surface area contributed by atoms with Gasteiger partial charge in [-0.3, -0.25) is 4.79 Å². The minimum Gasteiger partial charge on any atom is -0.298 e. The number of hydrogen-bond acceptors (Lipinski definition) is 3. The molecule has 2 rings (SSSR count). The van der Waals surface area contributed by atoms with Gasteiger partial charge in [0, 0.05) is 5.56 Å². The fraction of sp³-hybridized carbons (Fsp3) is 0.100. The van der Waals surface area contributed by atoms with Gasteiger partial charge in [0.25, 0.3) is 0 Å². The summed E-state index contributed by atoms with van der Waals surface area (Å²) in [6.45, 7) is 0.578. The minimum atomic E-state index is 0.578. The van der Waals surface area contributed by atoms with Gasteiger partial charge in [0.2, 0.25) is 0 Å². The third-order valence-corrected chi connectivity index (χ3v) is 1.98. The molecule has 4 nitrogen and oxygen atoms in total. The lowest BCUT2D eigenvalue weighted by molar-refractivity contribution is 0.112. The molecular formula is C10H9N3O. The van der Waals surface area contributed by atoms with Crippen LogP contribution in [-0.2, 0) is 6.54 Å². The van der Waals surface area contributed by atoms with Gasteiger partial charge in [-0.1, -0.05) is 24.3 Å². The van der Waals surface area contributed by atoms with Crippen molar-refractivity contribution >= 4 is 6.29 Å². The Morgan fingerprint density at radius 3 is 2.93 bits per heavy atom. The van der Waals surface area contributed by atoms with E-state index in [0.29, 0.717) is 12.1 Å². The van der Waals surface area contributed by atoms with Crippen molar-refractivity contribution in [1.82, 2.24) is 14.8 Å². The summed E-state index contributed by atoms with van der Waals surface area (Å²) in [5, 5.41) is 3.98. The average molecular weight is 187 g/mol. The van der Waals surface area contributed by atoms with Gasteiger partial charge in [0.15, 0.2) is 0 Å². The Balaban J connectivity index is 2.28. The molecule has 0 radical (unpaired) electrons. The van der Waals surface area contributed by atoms with Crippen LogP contribution in [0.5, 0.6) is 0 Å². The Morgan fingerprint density at radius 1 is 1.36 bits per heavy atom. The topological polar surface area (TPSA) is 47.8 Å². The molecule has 0 aliphatic heterocycles. The van der Waals surface area contributed by atoms with Crippen LogP contribution in [0.4, 0.5) is 0 Å². The molecule has 0 amide bonds. The van der Waals surface area contributed by atoms with E-state index in [4.69, 9.17) is 0 Å². The minimum absolute atomic E-state index is 0.578. The molecule has 0 unspecified atom stereocenters. The maximum absolute atomic E-state index is 10.7. The second kappa shape index (κ2) is 3.83. The number of aromatic nitrogens is 3. The van der Waals surface area contributed by atoms with E-state index in [1.807, 2.05) is 18.2 Å². The van der Waals surface area contributed by atoms with Crippen LogP contribution in [-0.4, -0.2) is 21.1 Å². The van der Waals surface area contributed by atoms with Gasteiger partial charge in [0.05, 0.1) is 6.54 Å². The van der Waals surface area contributed by atoms with E-state index < -0.39 is 0 Å². The van der Waals surface area contributed by atoms with Crippen molar-refractivity contribution < 1.29 is 4.79 Å². The monoisotopic (exact) mass is 187 g/mol. The van der Waals surface area contributed by atoms with E-state index in [1.54, 1.807) is 17.1 Å². The van der Waals surface area contributed by atoms with Crippen LogP contribution in [0.25, 0.3) is 0 Å². The molecule has 0 aliphatic carbocycles. The molecule has 0 atom stereocenters. The van der Waals surface area contributed by atoms with E-state index in [2.05, 4.69) is 10.1 Å². The maximum Gasteiger partial charge on any atom is 0.150 e. The molecule has 0 saturated carbocycles. The number of carbonyl (C=O) groups is 1. The molecule has 70 valence electrons. The highest BCUT2D eigenvalue weighted by Crippen LogP contribution is 2.07. The number of aldehydes is 1. The van der Waals surface area contributed by atoms with Crippen LogP contribution < -0.4 is 0 Å². The molecule has 0 saturated heterocycles. The van der Waals surface area contributed by atoms with Crippen LogP contribution in [0.2, 0.25) is 0 Å². The van der Waals surface area contributed by atoms with Crippen LogP contribution in [0.15, 0.2) is 36.9 Å². The SMILES string of the molecule is O=Cc1ccccc1Cn1cncn1. The molecule has 0 bridgehead atoms. The molecule has 0 aliphatic rings. The molecule has 0 N–H and O–H groups in total. The van der Waals surface area contributed by atoms with E-state index >= 15 is 0 Å². The van der Waals surface area contributed by atoms with Gasteiger partial charge in [-0.25, -0.2) is 9.67 Å². The summed E-state index contributed by atoms with van der Waals surface area (Å²) in [5.41, 5.74) is 1.65. The van der Waals surface area contributed by atoms with Crippen molar-refractivity contribution in [3.8, 4) is 0 Å². The summed E-state index contributed by atoms with van der Waals surface area (Å²) in [6, 6.07) is 7.44. The molecule has 0 spiro atoms. The normalized spacial score (nSPS) is 10.0. The van der Waals surface area contributed by atoms with E-state index in [1.165, 1.54) is 6.33 Å². The lowest BCUT2D eigenvalue weighted by Crippen LogP contribution is -2.02. The van der Waals surface area contributed by atoms with Gasteiger partial charge >= 0.3 is 0 Å². The first-order valence-corrected chi connectivity index (χ1v) is 4.25. The van der Waals surface area contributed by atoms with Crippen LogP contribution in [0.3, 0.4) is 0 Å². The predicted molar refractivity (Wildman–Crippen MR) is 51.0 cm³/mol. The Labute approximate surface area is 81.2 Å². The molecule has 4 heteroatoms. The van der Waals surface area contributed by atoms with Gasteiger partial charge in [-0.15, -0.1) is 0 Å². The van der Waals surface area contributed by atoms with Crippen molar-refractivity contribution in [2.45, 2.75) is 6.54 Å². The highest BCUT2D eigenvalue weighted by Gasteiger charge is 2.00. The van der Waals surface area contributed by atoms with Gasteiger partial charge < -0.3 is 0 Å². The number of hydrogen-bond donors (Lipinski definition) is 0. The number of benzene rings is 1. The van der Waals surface area contributed by atoms with Crippen LogP contribution in [0.1, 0.15) is 15.9 Å². The van der Waals surface area contributed by atoms with Crippen LogP contribution in [0, 0.1) is 0 Å². The van der Waals surface area contributed by atoms with Crippen molar-refractivity contribution in [2.75, 3.05) is 0 Å². The van der Waals surface area contributed by atoms with Crippen molar-refractivity contribution in [1.29, 1.82) is 0 Å². The second-order valence-corrected chi connectivity index (χ2v) is 2.91. The Hall–Kier alpha value is -1.97. The Kier molecular flexibility index (Phi) is 2.36. The zero-order valence-corrected chi connectivity index (χ0v) is 7.50. The number of rotatable bonds is 3.